The van der Waals surface area contributed by atoms with Gasteiger partial charge < -0.3 is 29.5 Å². The zero-order valence-corrected chi connectivity index (χ0v) is 25.7. The van der Waals surface area contributed by atoms with Crippen LogP contribution in [-0.2, 0) is 32.0 Å². The van der Waals surface area contributed by atoms with Crippen LogP contribution in [0.1, 0.15) is 36.0 Å². The number of ether oxygens (including phenoxy) is 3. The molecule has 11 nitrogen and oxygen atoms in total. The number of aliphatic carboxylic acids is 2. The van der Waals surface area contributed by atoms with Crippen LogP contribution in [0.25, 0.3) is 10.9 Å². The fourth-order valence-corrected chi connectivity index (χ4v) is 4.84. The van der Waals surface area contributed by atoms with Gasteiger partial charge in [-0.3, -0.25) is 19.4 Å². The topological polar surface area (TPSA) is 170 Å². The number of rotatable bonds is 13. The molecule has 11 heteroatoms. The van der Waals surface area contributed by atoms with Crippen molar-refractivity contribution in [1.82, 2.24) is 4.98 Å². The Kier molecular flexibility index (Phi) is 10.7. The van der Waals surface area contributed by atoms with Gasteiger partial charge in [0, 0.05) is 30.5 Å². The van der Waals surface area contributed by atoms with E-state index in [1.165, 1.54) is 0 Å². The molecule has 1 aliphatic rings. The fourth-order valence-electron chi connectivity index (χ4n) is 4.84. The summed E-state index contributed by atoms with van der Waals surface area (Å²) in [4.78, 5) is 50.0. The third-order valence-electron chi connectivity index (χ3n) is 7.68. The highest BCUT2D eigenvalue weighted by atomic mass is 16.5. The lowest BCUT2D eigenvalue weighted by atomic mass is 9.88. The number of nitrogens with zero attached hydrogens (tertiary/aromatic N) is 1. The van der Waals surface area contributed by atoms with Crippen LogP contribution in [0.3, 0.4) is 0 Å². The van der Waals surface area contributed by atoms with E-state index in [0.29, 0.717) is 42.3 Å². The summed E-state index contributed by atoms with van der Waals surface area (Å²) < 4.78 is 16.9. The number of aryl methyl sites for hydroxylation is 1. The molecule has 3 N–H and O–H groups in total. The first-order chi connectivity index (χ1) is 21.9. The first kappa shape index (κ1) is 33.6. The van der Waals surface area contributed by atoms with Crippen LogP contribution in [0, 0.1) is 12.3 Å². The zero-order chi connectivity index (χ0) is 33.4. The number of aliphatic hydroxyl groups excluding tert-OH is 1. The molecule has 0 radical (unpaired) electrons. The first-order valence-corrected chi connectivity index (χ1v) is 14.5. The molecule has 1 aliphatic carbocycles. The molecular weight excluding hydrogens is 594 g/mol. The Morgan fingerprint density at radius 3 is 1.83 bits per heavy atom. The number of carboxylic acid groups (broad SMARTS) is 2. The van der Waals surface area contributed by atoms with E-state index in [1.807, 2.05) is 67.6 Å². The highest BCUT2D eigenvalue weighted by molar-refractivity contribution is 6.11. The molecule has 1 fully saturated rings. The molecule has 1 heterocycles. The average Bonchev–Trinajstić information content (AvgIpc) is 3.85. The highest BCUT2D eigenvalue weighted by Crippen LogP contribution is 2.49. The molecule has 0 spiro atoms. The number of carboxylic acids is 2. The summed E-state index contributed by atoms with van der Waals surface area (Å²) in [5.41, 5.74) is 2.87. The van der Waals surface area contributed by atoms with E-state index in [2.05, 4.69) is 4.98 Å². The molecule has 0 amide bonds. The van der Waals surface area contributed by atoms with Gasteiger partial charge >= 0.3 is 11.9 Å². The Morgan fingerprint density at radius 2 is 1.35 bits per heavy atom. The molecule has 0 aliphatic heterocycles. The van der Waals surface area contributed by atoms with E-state index >= 15 is 0 Å². The van der Waals surface area contributed by atoms with Crippen molar-refractivity contribution in [3.05, 3.63) is 89.6 Å². The van der Waals surface area contributed by atoms with Crippen LogP contribution in [0.4, 0.5) is 0 Å². The summed E-state index contributed by atoms with van der Waals surface area (Å²) >= 11 is 0. The number of benzene rings is 3. The van der Waals surface area contributed by atoms with Crippen LogP contribution in [0.15, 0.2) is 72.9 Å². The molecule has 0 bridgehead atoms. The van der Waals surface area contributed by atoms with E-state index in [4.69, 9.17) is 29.5 Å². The SMILES string of the molecule is COc1cc2nccc(Oc3ccc(CC(=O)C4(C(=O)Cc5ccc(C)cc5)CC4)cc3)c2cc1OC.O=C(O)C[C@@H](O)C(=O)O. The van der Waals surface area contributed by atoms with Crippen molar-refractivity contribution in [2.24, 2.45) is 5.41 Å². The molecule has 1 saturated carbocycles. The fraction of sp³-hybridized carbons (Fsp3) is 0.286. The number of ketones is 2. The van der Waals surface area contributed by atoms with E-state index in [0.717, 1.165) is 27.6 Å². The zero-order valence-electron chi connectivity index (χ0n) is 25.7. The first-order valence-electron chi connectivity index (χ1n) is 14.5. The summed E-state index contributed by atoms with van der Waals surface area (Å²) in [6, 6.07) is 20.8. The second-order valence-electron chi connectivity index (χ2n) is 11.0. The number of Topliss-reactive ketones (excluding diaryl/α,β-unsaturated/α-hetero) is 2. The summed E-state index contributed by atoms with van der Waals surface area (Å²) in [5, 5.41) is 24.9. The van der Waals surface area contributed by atoms with Crippen LogP contribution in [0.2, 0.25) is 0 Å². The van der Waals surface area contributed by atoms with Gasteiger partial charge in [0.15, 0.2) is 29.2 Å². The number of methoxy groups -OCH3 is 2. The summed E-state index contributed by atoms with van der Waals surface area (Å²) in [6.07, 6.45) is 0.948. The van der Waals surface area contributed by atoms with Crippen molar-refractivity contribution in [2.45, 2.75) is 45.1 Å². The number of carbonyl (C=O) groups excluding carboxylic acids is 2. The summed E-state index contributed by atoms with van der Waals surface area (Å²) in [7, 11) is 3.17. The van der Waals surface area contributed by atoms with Crippen LogP contribution in [0.5, 0.6) is 23.0 Å². The molecular formula is C35H35NO10. The number of aliphatic hydroxyl groups is 1. The van der Waals surface area contributed by atoms with Gasteiger partial charge in [0.2, 0.25) is 0 Å². The van der Waals surface area contributed by atoms with Gasteiger partial charge in [-0.25, -0.2) is 4.79 Å². The monoisotopic (exact) mass is 629 g/mol. The second kappa shape index (κ2) is 14.7. The van der Waals surface area contributed by atoms with E-state index in [-0.39, 0.29) is 18.0 Å². The van der Waals surface area contributed by atoms with Crippen molar-refractivity contribution >= 4 is 34.4 Å². The third kappa shape index (κ3) is 8.24. The van der Waals surface area contributed by atoms with Crippen LogP contribution >= 0.6 is 0 Å². The molecule has 1 aromatic heterocycles. The maximum Gasteiger partial charge on any atom is 0.333 e. The minimum absolute atomic E-state index is 0.000509. The van der Waals surface area contributed by atoms with Gasteiger partial charge in [0.05, 0.1) is 31.6 Å². The Balaban J connectivity index is 0.000000468. The standard InChI is InChI=1S/C31H29NO5.C4H6O5/c1-20-4-6-21(7-5-20)16-29(33)31(13-14-31)30(34)17-22-8-10-23(11-9-22)37-26-12-15-32-25-19-28(36-3)27(35-2)18-24(25)26;5-2(4(8)9)1-3(6)7/h4-12,15,18-19H,13-14,16-17H2,1-3H3;2,5H,1H2,(H,6,7)(H,8,9)/t;2-/m.1/s1. The molecule has 5 rings (SSSR count). The van der Waals surface area contributed by atoms with Gasteiger partial charge in [-0.15, -0.1) is 0 Å². The Morgan fingerprint density at radius 1 is 0.804 bits per heavy atom. The van der Waals surface area contributed by atoms with Gasteiger partial charge in [-0.1, -0.05) is 42.0 Å². The van der Waals surface area contributed by atoms with Crippen LogP contribution in [-0.4, -0.2) is 64.1 Å². The smallest absolute Gasteiger partial charge is 0.333 e. The van der Waals surface area contributed by atoms with Crippen molar-refractivity contribution in [3.8, 4) is 23.0 Å². The van der Waals surface area contributed by atoms with Crippen molar-refractivity contribution in [3.63, 3.8) is 0 Å². The quantitative estimate of drug-likeness (QED) is 0.171. The number of hydrogen-bond acceptors (Lipinski definition) is 9. The van der Waals surface area contributed by atoms with Crippen molar-refractivity contribution in [2.75, 3.05) is 14.2 Å². The summed E-state index contributed by atoms with van der Waals surface area (Å²) in [5.74, 6) is -0.366. The highest BCUT2D eigenvalue weighted by Gasteiger charge is 2.54. The second-order valence-corrected chi connectivity index (χ2v) is 11.0. The molecule has 1 atom stereocenters. The largest absolute Gasteiger partial charge is 0.493 e. The number of aromatic nitrogens is 1. The van der Waals surface area contributed by atoms with Crippen molar-refractivity contribution < 1.29 is 48.7 Å². The maximum atomic E-state index is 13.1. The Hall–Kier alpha value is -5.29. The van der Waals surface area contributed by atoms with Gasteiger partial charge in [-0.05, 0) is 55.2 Å². The molecule has 240 valence electrons. The van der Waals surface area contributed by atoms with E-state index in [1.54, 1.807) is 26.5 Å². The Bertz CT molecular complexity index is 1730. The van der Waals surface area contributed by atoms with E-state index in [9.17, 15) is 19.2 Å². The van der Waals surface area contributed by atoms with Crippen LogP contribution < -0.4 is 14.2 Å². The van der Waals surface area contributed by atoms with E-state index < -0.39 is 29.9 Å². The number of carbonyl (C=O) groups is 4. The van der Waals surface area contributed by atoms with Gasteiger partial charge in [-0.2, -0.15) is 0 Å². The molecule has 46 heavy (non-hydrogen) atoms. The predicted octanol–water partition coefficient (Wildman–Crippen LogP) is 4.96. The van der Waals surface area contributed by atoms with Gasteiger partial charge in [0.1, 0.15) is 11.5 Å². The third-order valence-corrected chi connectivity index (χ3v) is 7.68. The number of fused-ring (bicyclic) bond motifs is 1. The van der Waals surface area contributed by atoms with Crippen molar-refractivity contribution in [1.29, 1.82) is 0 Å². The van der Waals surface area contributed by atoms with Gasteiger partial charge in [0.25, 0.3) is 0 Å². The minimum Gasteiger partial charge on any atom is -0.493 e. The normalized spacial score (nSPS) is 13.5. The molecule has 0 unspecified atom stereocenters. The lowest BCUT2D eigenvalue weighted by molar-refractivity contribution is -0.152. The lowest BCUT2D eigenvalue weighted by Gasteiger charge is -2.14. The average molecular weight is 630 g/mol. The number of pyridine rings is 1. The minimum atomic E-state index is -1.79. The maximum absolute atomic E-state index is 13.1. The Labute approximate surface area is 265 Å². The predicted molar refractivity (Wildman–Crippen MR) is 168 cm³/mol. The molecule has 4 aromatic rings. The molecule has 0 saturated heterocycles. The summed E-state index contributed by atoms with van der Waals surface area (Å²) in [6.45, 7) is 2.02. The molecule has 3 aromatic carbocycles. The lowest BCUT2D eigenvalue weighted by Crippen LogP contribution is -2.28. The number of hydrogen-bond donors (Lipinski definition) is 3.